The molecule has 2 amide bonds. The van der Waals surface area contributed by atoms with Crippen LogP contribution in [0.15, 0.2) is 55.6 Å². The fourth-order valence-electron chi connectivity index (χ4n) is 3.11. The first-order valence-corrected chi connectivity index (χ1v) is 11.0. The second-order valence-corrected chi connectivity index (χ2v) is 7.84. The highest BCUT2D eigenvalue weighted by Gasteiger charge is 2.24. The molecule has 0 saturated heterocycles. The molecule has 32 heavy (non-hydrogen) atoms. The van der Waals surface area contributed by atoms with Crippen molar-refractivity contribution in [2.24, 2.45) is 5.92 Å². The van der Waals surface area contributed by atoms with Gasteiger partial charge >= 0.3 is 5.97 Å². The number of aliphatic hydroxyl groups excluding tert-OH is 1. The number of benzene rings is 1. The molecule has 7 heteroatoms. The van der Waals surface area contributed by atoms with Crippen molar-refractivity contribution in [2.75, 3.05) is 13.2 Å². The molecule has 0 aliphatic rings. The van der Waals surface area contributed by atoms with Crippen molar-refractivity contribution in [3.63, 3.8) is 0 Å². The van der Waals surface area contributed by atoms with E-state index in [0.29, 0.717) is 25.7 Å². The average Bonchev–Trinajstić information content (AvgIpc) is 2.77. The summed E-state index contributed by atoms with van der Waals surface area (Å²) in [6.07, 6.45) is 5.83. The maximum atomic E-state index is 12.9. The highest BCUT2D eigenvalue weighted by Crippen LogP contribution is 2.12. The maximum Gasteiger partial charge on any atom is 0.305 e. The summed E-state index contributed by atoms with van der Waals surface area (Å²) in [5, 5.41) is 14.7. The lowest BCUT2D eigenvalue weighted by Gasteiger charge is -2.23. The largest absolute Gasteiger partial charge is 0.463 e. The first-order valence-electron chi connectivity index (χ1n) is 11.0. The normalized spacial score (nSPS) is 13.3. The third kappa shape index (κ3) is 11.5. The van der Waals surface area contributed by atoms with Gasteiger partial charge in [-0.05, 0) is 38.2 Å². The minimum absolute atomic E-state index is 0.0262. The van der Waals surface area contributed by atoms with Crippen LogP contribution < -0.4 is 10.6 Å². The summed E-state index contributed by atoms with van der Waals surface area (Å²) in [6, 6.07) is 8.78. The molecule has 176 valence electrons. The Balaban J connectivity index is 2.78. The molecular formula is C25H36N2O5. The number of aliphatic hydroxyl groups is 1. The van der Waals surface area contributed by atoms with Gasteiger partial charge in [-0.3, -0.25) is 14.4 Å². The number of hydrogen-bond donors (Lipinski definition) is 3. The summed E-state index contributed by atoms with van der Waals surface area (Å²) in [6.45, 7) is 8.86. The number of carbonyl (C=O) groups is 3. The van der Waals surface area contributed by atoms with Crippen LogP contribution in [0.4, 0.5) is 0 Å². The van der Waals surface area contributed by atoms with Gasteiger partial charge in [0.2, 0.25) is 11.8 Å². The van der Waals surface area contributed by atoms with E-state index in [9.17, 15) is 14.4 Å². The van der Waals surface area contributed by atoms with E-state index in [4.69, 9.17) is 9.84 Å². The molecular weight excluding hydrogens is 408 g/mol. The fourth-order valence-corrected chi connectivity index (χ4v) is 3.11. The second-order valence-electron chi connectivity index (χ2n) is 7.84. The molecule has 0 aliphatic carbocycles. The molecule has 1 rings (SSSR count). The van der Waals surface area contributed by atoms with E-state index >= 15 is 0 Å². The van der Waals surface area contributed by atoms with Gasteiger partial charge in [-0.15, -0.1) is 13.2 Å². The zero-order valence-corrected chi connectivity index (χ0v) is 18.9. The number of esters is 1. The van der Waals surface area contributed by atoms with Crippen molar-refractivity contribution >= 4 is 17.8 Å². The van der Waals surface area contributed by atoms with E-state index in [1.165, 1.54) is 0 Å². The Morgan fingerprint density at radius 3 is 2.47 bits per heavy atom. The van der Waals surface area contributed by atoms with Gasteiger partial charge in [0, 0.05) is 18.9 Å². The van der Waals surface area contributed by atoms with Gasteiger partial charge in [-0.2, -0.15) is 0 Å². The van der Waals surface area contributed by atoms with Crippen LogP contribution in [0.2, 0.25) is 0 Å². The predicted octanol–water partition coefficient (Wildman–Crippen LogP) is 2.69. The van der Waals surface area contributed by atoms with E-state index < -0.39 is 12.0 Å². The van der Waals surface area contributed by atoms with Crippen molar-refractivity contribution in [1.82, 2.24) is 10.6 Å². The molecule has 1 aromatic carbocycles. The number of amides is 2. The van der Waals surface area contributed by atoms with Crippen LogP contribution >= 0.6 is 0 Å². The maximum absolute atomic E-state index is 12.9. The number of ether oxygens (including phenoxy) is 1. The first-order chi connectivity index (χ1) is 15.4. The van der Waals surface area contributed by atoms with E-state index in [0.717, 1.165) is 12.0 Å². The molecule has 7 nitrogen and oxygen atoms in total. The van der Waals surface area contributed by atoms with Gasteiger partial charge in [0.15, 0.2) is 0 Å². The van der Waals surface area contributed by atoms with Gasteiger partial charge < -0.3 is 20.5 Å². The lowest BCUT2D eigenvalue weighted by Crippen LogP contribution is -2.45. The fraction of sp³-hybridized carbons (Fsp3) is 0.480. The van der Waals surface area contributed by atoms with Crippen LogP contribution in [-0.2, 0) is 25.5 Å². The van der Waals surface area contributed by atoms with E-state index in [1.54, 1.807) is 19.1 Å². The van der Waals surface area contributed by atoms with Crippen LogP contribution in [0.5, 0.6) is 0 Å². The van der Waals surface area contributed by atoms with E-state index in [2.05, 4.69) is 23.8 Å². The SMILES string of the molecule is C=CCCCC(=O)OCC(Cc1ccccc1)NC(=O)C(CC=C)CC(=O)NC(C)CO. The number of carbonyl (C=O) groups excluding carboxylic acids is 3. The summed E-state index contributed by atoms with van der Waals surface area (Å²) < 4.78 is 5.40. The third-order valence-electron chi connectivity index (χ3n) is 4.84. The number of allylic oxidation sites excluding steroid dienone is 2. The van der Waals surface area contributed by atoms with Crippen LogP contribution in [0.3, 0.4) is 0 Å². The third-order valence-corrected chi connectivity index (χ3v) is 4.84. The van der Waals surface area contributed by atoms with Crippen molar-refractivity contribution in [3.8, 4) is 0 Å². The van der Waals surface area contributed by atoms with Gasteiger partial charge in [-0.25, -0.2) is 0 Å². The molecule has 0 spiro atoms. The summed E-state index contributed by atoms with van der Waals surface area (Å²) >= 11 is 0. The number of rotatable bonds is 16. The topological polar surface area (TPSA) is 105 Å². The molecule has 0 aromatic heterocycles. The molecule has 3 N–H and O–H groups in total. The highest BCUT2D eigenvalue weighted by atomic mass is 16.5. The number of hydrogen-bond acceptors (Lipinski definition) is 5. The van der Waals surface area contributed by atoms with Gasteiger partial charge in [-0.1, -0.05) is 42.5 Å². The molecule has 0 saturated carbocycles. The Hall–Kier alpha value is -2.93. The summed E-state index contributed by atoms with van der Waals surface area (Å²) in [4.78, 5) is 37.2. The van der Waals surface area contributed by atoms with E-state index in [1.807, 2.05) is 30.3 Å². The molecule has 0 aliphatic heterocycles. The van der Waals surface area contributed by atoms with Crippen molar-refractivity contribution < 1.29 is 24.2 Å². The summed E-state index contributed by atoms with van der Waals surface area (Å²) in [5.41, 5.74) is 0.996. The molecule has 0 fully saturated rings. The Bertz CT molecular complexity index is 735. The van der Waals surface area contributed by atoms with Gasteiger partial charge in [0.05, 0.1) is 18.6 Å². The monoisotopic (exact) mass is 444 g/mol. The zero-order valence-electron chi connectivity index (χ0n) is 18.9. The first kappa shape index (κ1) is 27.1. The zero-order chi connectivity index (χ0) is 23.8. The lowest BCUT2D eigenvalue weighted by atomic mass is 9.98. The standard InChI is InChI=1S/C25H36N2O5/c1-4-6-8-14-24(30)32-18-22(15-20-12-9-7-10-13-20)27-25(31)21(11-5-2)16-23(29)26-19(3)17-28/h4-5,7,9-10,12-13,19,21-22,28H,1-2,6,8,11,14-18H2,3H3,(H,26,29)(H,27,31). The van der Waals surface area contributed by atoms with Crippen molar-refractivity contribution in [1.29, 1.82) is 0 Å². The summed E-state index contributed by atoms with van der Waals surface area (Å²) in [7, 11) is 0. The van der Waals surface area contributed by atoms with Crippen LogP contribution in [0.25, 0.3) is 0 Å². The van der Waals surface area contributed by atoms with E-state index in [-0.39, 0.29) is 43.5 Å². The van der Waals surface area contributed by atoms with Crippen LogP contribution in [0, 0.1) is 5.92 Å². The smallest absolute Gasteiger partial charge is 0.305 e. The Labute approximate surface area is 190 Å². The Morgan fingerprint density at radius 1 is 1.12 bits per heavy atom. The molecule has 0 bridgehead atoms. The molecule has 3 atom stereocenters. The summed E-state index contributed by atoms with van der Waals surface area (Å²) in [5.74, 6) is -1.55. The lowest BCUT2D eigenvalue weighted by molar-refractivity contribution is -0.145. The molecule has 1 aromatic rings. The highest BCUT2D eigenvalue weighted by molar-refractivity contribution is 5.86. The van der Waals surface area contributed by atoms with Crippen molar-refractivity contribution in [2.45, 2.75) is 57.5 Å². The number of nitrogens with one attached hydrogen (secondary N) is 2. The second kappa shape index (κ2) is 15.8. The molecule has 0 heterocycles. The average molecular weight is 445 g/mol. The minimum atomic E-state index is -0.611. The van der Waals surface area contributed by atoms with Gasteiger partial charge in [0.25, 0.3) is 0 Å². The minimum Gasteiger partial charge on any atom is -0.463 e. The number of unbranched alkanes of at least 4 members (excludes halogenated alkanes) is 1. The molecule has 0 radical (unpaired) electrons. The molecule has 3 unspecified atom stereocenters. The Morgan fingerprint density at radius 2 is 1.84 bits per heavy atom. The Kier molecular flexibility index (Phi) is 13.4. The van der Waals surface area contributed by atoms with Crippen LogP contribution in [-0.4, -0.2) is 48.2 Å². The predicted molar refractivity (Wildman–Crippen MR) is 125 cm³/mol. The quantitative estimate of drug-likeness (QED) is 0.207. The van der Waals surface area contributed by atoms with Crippen LogP contribution in [0.1, 0.15) is 44.6 Å². The van der Waals surface area contributed by atoms with Gasteiger partial charge in [0.1, 0.15) is 6.61 Å². The van der Waals surface area contributed by atoms with Crippen molar-refractivity contribution in [3.05, 3.63) is 61.2 Å².